The third-order valence-electron chi connectivity index (χ3n) is 13.9. The number of aromatic nitrogens is 4. The van der Waals surface area contributed by atoms with Crippen molar-refractivity contribution in [1.82, 2.24) is 24.8 Å². The van der Waals surface area contributed by atoms with Crippen LogP contribution >= 0.6 is 0 Å². The van der Waals surface area contributed by atoms with Gasteiger partial charge < -0.3 is 28.6 Å². The second-order valence-electron chi connectivity index (χ2n) is 19.9. The van der Waals surface area contributed by atoms with E-state index < -0.39 is 81.9 Å². The number of methoxy groups -OCH3 is 2. The maximum Gasteiger partial charge on any atom is 0.417 e. The van der Waals surface area contributed by atoms with E-state index >= 15 is 22.0 Å². The van der Waals surface area contributed by atoms with E-state index in [1.54, 1.807) is 93.3 Å². The number of rotatable bonds is 14. The molecule has 0 aliphatic carbocycles. The highest BCUT2D eigenvalue weighted by molar-refractivity contribution is 6.72. The minimum Gasteiger partial charge on any atom is -0.497 e. The molecule has 3 atom stereocenters. The van der Waals surface area contributed by atoms with Gasteiger partial charge in [0.05, 0.1) is 37.9 Å². The van der Waals surface area contributed by atoms with Crippen LogP contribution in [0.2, 0.25) is 0 Å². The summed E-state index contributed by atoms with van der Waals surface area (Å²) in [7, 11) is 3.04. The molecule has 0 saturated carbocycles. The standard InChI is InChI=1S/C53H56BF6N7O6/c1-30-41(53(58,59)60)38(24-39(42(30)56)54(26-32-11-15-35(69-6)16-12-32)27-33-13-17-36(70-7)18-14-33)44-43(57)45-40-47(65-49(63-45)72-29-52-19-9-21-66(52)28-34(55)25-52)67(22-23-71-48(40)62-44)31(2)37-10-8-20-61-46(37)64-50(68)73-51(3,4)5/h8,10-18,20,24,31,34H,9,19,21-23,25-29H2,1-7H3,(H,61,64,68)/t31-,34-,52+/m1/s1. The Hall–Kier alpha value is -6.83. The summed E-state index contributed by atoms with van der Waals surface area (Å²) in [6.45, 7) is 8.00. The van der Waals surface area contributed by atoms with Gasteiger partial charge in [0.15, 0.2) is 12.5 Å². The number of hydrogen-bond donors (Lipinski definition) is 1. The number of fused-ring (bicyclic) bond motifs is 1. The average Bonchev–Trinajstić information content (AvgIpc) is 3.81. The fourth-order valence-electron chi connectivity index (χ4n) is 10.5. The summed E-state index contributed by atoms with van der Waals surface area (Å²) in [5.74, 6) is -1.25. The van der Waals surface area contributed by atoms with Crippen LogP contribution < -0.4 is 34.6 Å². The average molecular weight is 1010 g/mol. The molecule has 9 rings (SSSR count). The molecule has 3 aliphatic heterocycles. The topological polar surface area (TPSA) is 133 Å². The van der Waals surface area contributed by atoms with E-state index in [-0.39, 0.29) is 79.7 Å². The highest BCUT2D eigenvalue weighted by atomic mass is 19.4. The van der Waals surface area contributed by atoms with Crippen LogP contribution in [-0.2, 0) is 23.6 Å². The molecule has 73 heavy (non-hydrogen) atoms. The molecule has 0 spiro atoms. The van der Waals surface area contributed by atoms with Crippen molar-refractivity contribution in [2.24, 2.45) is 0 Å². The van der Waals surface area contributed by atoms with Crippen molar-refractivity contribution in [3.05, 3.63) is 112 Å². The molecule has 6 aromatic rings. The van der Waals surface area contributed by atoms with Crippen molar-refractivity contribution in [2.45, 2.75) is 96.1 Å². The van der Waals surface area contributed by atoms with Crippen LogP contribution in [0.1, 0.15) is 80.8 Å². The van der Waals surface area contributed by atoms with Crippen molar-refractivity contribution in [3.8, 4) is 34.6 Å². The van der Waals surface area contributed by atoms with Crippen LogP contribution in [0.15, 0.2) is 72.9 Å². The third-order valence-corrected chi connectivity index (χ3v) is 13.9. The Kier molecular flexibility index (Phi) is 14.2. The van der Waals surface area contributed by atoms with Gasteiger partial charge in [0.1, 0.15) is 70.5 Å². The number of alkyl halides is 4. The molecule has 3 aromatic heterocycles. The predicted octanol–water partition coefficient (Wildman–Crippen LogP) is 10.2. The summed E-state index contributed by atoms with van der Waals surface area (Å²) < 4.78 is 126. The number of halogens is 6. The van der Waals surface area contributed by atoms with Crippen LogP contribution in [-0.4, -0.2) is 102 Å². The van der Waals surface area contributed by atoms with Crippen molar-refractivity contribution >= 4 is 40.8 Å². The van der Waals surface area contributed by atoms with Crippen molar-refractivity contribution in [3.63, 3.8) is 0 Å². The number of nitrogens with one attached hydrogen (secondary N) is 1. The highest BCUT2D eigenvalue weighted by Crippen LogP contribution is 2.46. The summed E-state index contributed by atoms with van der Waals surface area (Å²) in [6.07, 6.45) is -3.53. The smallest absolute Gasteiger partial charge is 0.417 e. The zero-order valence-electron chi connectivity index (χ0n) is 41.6. The molecule has 0 bridgehead atoms. The van der Waals surface area contributed by atoms with Gasteiger partial charge in [-0.3, -0.25) is 10.2 Å². The molecule has 2 saturated heterocycles. The molecule has 2 fully saturated rings. The van der Waals surface area contributed by atoms with Crippen LogP contribution in [0.4, 0.5) is 42.8 Å². The van der Waals surface area contributed by atoms with E-state index in [2.05, 4.69) is 20.3 Å². The molecule has 0 radical (unpaired) electrons. The Morgan fingerprint density at radius 2 is 1.62 bits per heavy atom. The van der Waals surface area contributed by atoms with Gasteiger partial charge in [-0.05, 0) is 108 Å². The maximum absolute atomic E-state index is 18.1. The zero-order valence-corrected chi connectivity index (χ0v) is 41.6. The lowest BCUT2D eigenvalue weighted by atomic mass is 9.38. The Morgan fingerprint density at radius 3 is 2.25 bits per heavy atom. The van der Waals surface area contributed by atoms with Gasteiger partial charge in [-0.15, -0.1) is 0 Å². The quantitative estimate of drug-likeness (QED) is 0.0823. The Balaban J connectivity index is 1.22. The van der Waals surface area contributed by atoms with Crippen LogP contribution in [0.25, 0.3) is 22.2 Å². The van der Waals surface area contributed by atoms with Gasteiger partial charge in [-0.2, -0.15) is 23.1 Å². The largest absolute Gasteiger partial charge is 0.497 e. The van der Waals surface area contributed by atoms with Gasteiger partial charge in [-0.25, -0.2) is 27.9 Å². The van der Waals surface area contributed by atoms with Gasteiger partial charge in [0, 0.05) is 30.3 Å². The fourth-order valence-corrected chi connectivity index (χ4v) is 10.5. The molecular weight excluding hydrogens is 955 g/mol. The number of anilines is 2. The molecule has 3 aromatic carbocycles. The number of pyridine rings is 2. The molecule has 0 unspecified atom stereocenters. The van der Waals surface area contributed by atoms with Crippen LogP contribution in [0.5, 0.6) is 23.4 Å². The van der Waals surface area contributed by atoms with E-state index in [1.165, 1.54) is 20.4 Å². The summed E-state index contributed by atoms with van der Waals surface area (Å²) in [5.41, 5.74) is -3.74. The van der Waals surface area contributed by atoms with Gasteiger partial charge in [-0.1, -0.05) is 47.5 Å². The SMILES string of the molecule is COc1ccc(CB(Cc2ccc(OC)cc2)c2cc(-c3nc4c5c(nc(OC[C@@]67CCCN6C[C@H](F)C7)nc5c3F)N([C@H](C)c3cccnc3NC(=O)OC(C)(C)C)CCO4)c(C(F)(F)F)c(C)c2F)cc1. The first-order valence-electron chi connectivity index (χ1n) is 24.2. The molecule has 20 heteroatoms. The van der Waals surface area contributed by atoms with E-state index in [1.807, 2.05) is 4.90 Å². The van der Waals surface area contributed by atoms with Crippen molar-refractivity contribution < 1.29 is 54.8 Å². The summed E-state index contributed by atoms with van der Waals surface area (Å²) >= 11 is 0. The first-order chi connectivity index (χ1) is 34.8. The Morgan fingerprint density at radius 1 is 0.945 bits per heavy atom. The third kappa shape index (κ3) is 10.5. The number of ether oxygens (including phenoxy) is 5. The van der Waals surface area contributed by atoms with Crippen molar-refractivity contribution in [2.75, 3.05) is 57.3 Å². The Bertz CT molecular complexity index is 2970. The van der Waals surface area contributed by atoms with Gasteiger partial charge in [0.2, 0.25) is 5.88 Å². The lowest BCUT2D eigenvalue weighted by Gasteiger charge is -2.32. The second kappa shape index (κ2) is 20.2. The normalized spacial score (nSPS) is 18.2. The first-order valence-corrected chi connectivity index (χ1v) is 24.2. The number of nitrogens with zero attached hydrogens (tertiary/aromatic N) is 6. The first kappa shape index (κ1) is 51.1. The summed E-state index contributed by atoms with van der Waals surface area (Å²) in [5, 5.41) is 2.65. The second-order valence-corrected chi connectivity index (χ2v) is 19.9. The Labute approximate surface area is 419 Å². The number of carbonyl (C=O) groups excluding carboxylic acids is 1. The van der Waals surface area contributed by atoms with Gasteiger partial charge in [0.25, 0.3) is 0 Å². The maximum atomic E-state index is 18.1. The number of benzene rings is 3. The molecule has 1 amide bonds. The monoisotopic (exact) mass is 1010 g/mol. The van der Waals surface area contributed by atoms with Crippen LogP contribution in [0.3, 0.4) is 0 Å². The lowest BCUT2D eigenvalue weighted by Crippen LogP contribution is -2.43. The highest BCUT2D eigenvalue weighted by Gasteiger charge is 2.50. The molecule has 13 nitrogen and oxygen atoms in total. The molecular formula is C53H56BF6N7O6. The summed E-state index contributed by atoms with van der Waals surface area (Å²) in [4.78, 5) is 35.2. The predicted molar refractivity (Wildman–Crippen MR) is 265 cm³/mol. The molecule has 3 aliphatic rings. The van der Waals surface area contributed by atoms with E-state index in [9.17, 15) is 9.18 Å². The molecule has 384 valence electrons. The molecule has 6 heterocycles. The van der Waals surface area contributed by atoms with E-state index in [0.29, 0.717) is 30.0 Å². The number of carbonyl (C=O) groups is 1. The van der Waals surface area contributed by atoms with Crippen LogP contribution in [0, 0.1) is 18.6 Å². The summed E-state index contributed by atoms with van der Waals surface area (Å²) in [6, 6.07) is 17.6. The lowest BCUT2D eigenvalue weighted by molar-refractivity contribution is -0.137. The van der Waals surface area contributed by atoms with Gasteiger partial charge >= 0.3 is 18.3 Å². The number of hydrogen-bond acceptors (Lipinski definition) is 12. The fraction of sp³-hybridized carbons (Fsp3) is 0.415. The van der Waals surface area contributed by atoms with Crippen molar-refractivity contribution in [1.29, 1.82) is 0 Å². The van der Waals surface area contributed by atoms with E-state index in [0.717, 1.165) is 30.5 Å². The van der Waals surface area contributed by atoms with E-state index in [4.69, 9.17) is 28.7 Å². The minimum atomic E-state index is -5.19. The zero-order chi connectivity index (χ0) is 52.0. The number of amides is 1. The minimum absolute atomic E-state index is 0.0497. The molecule has 1 N–H and O–H groups in total.